The SMILES string of the molecule is CCCCOCCCNc1ccc(N)c(OC)c1. The molecule has 0 fully saturated rings. The van der Waals surface area contributed by atoms with Crippen LogP contribution in [0.2, 0.25) is 0 Å². The van der Waals surface area contributed by atoms with E-state index in [1.54, 1.807) is 7.11 Å². The van der Waals surface area contributed by atoms with E-state index in [2.05, 4.69) is 12.2 Å². The van der Waals surface area contributed by atoms with Gasteiger partial charge in [-0.3, -0.25) is 0 Å². The van der Waals surface area contributed by atoms with E-state index < -0.39 is 0 Å². The smallest absolute Gasteiger partial charge is 0.143 e. The van der Waals surface area contributed by atoms with Gasteiger partial charge in [-0.15, -0.1) is 0 Å². The van der Waals surface area contributed by atoms with Crippen molar-refractivity contribution in [3.63, 3.8) is 0 Å². The second kappa shape index (κ2) is 8.64. The Morgan fingerprint density at radius 3 is 2.72 bits per heavy atom. The van der Waals surface area contributed by atoms with Crippen LogP contribution in [-0.2, 0) is 4.74 Å². The Bertz CT molecular complexity index is 343. The largest absolute Gasteiger partial charge is 0.495 e. The van der Waals surface area contributed by atoms with Crippen LogP contribution in [0, 0.1) is 0 Å². The van der Waals surface area contributed by atoms with Crippen molar-refractivity contribution in [2.45, 2.75) is 26.2 Å². The van der Waals surface area contributed by atoms with E-state index >= 15 is 0 Å². The molecule has 0 spiro atoms. The normalized spacial score (nSPS) is 10.3. The number of unbranched alkanes of at least 4 members (excludes halogenated alkanes) is 1. The standard InChI is InChI=1S/C14H24N2O2/c1-3-4-9-18-10-5-8-16-12-6-7-13(15)14(11-12)17-2/h6-7,11,16H,3-5,8-10,15H2,1-2H3. The zero-order valence-corrected chi connectivity index (χ0v) is 11.4. The van der Waals surface area contributed by atoms with Crippen molar-refractivity contribution in [3.8, 4) is 5.75 Å². The summed E-state index contributed by atoms with van der Waals surface area (Å²) in [5, 5.41) is 3.32. The first-order valence-corrected chi connectivity index (χ1v) is 6.53. The second-order valence-electron chi connectivity index (χ2n) is 4.20. The highest BCUT2D eigenvalue weighted by Crippen LogP contribution is 2.24. The van der Waals surface area contributed by atoms with Crippen LogP contribution in [0.3, 0.4) is 0 Å². The Labute approximate surface area is 109 Å². The number of benzene rings is 1. The van der Waals surface area contributed by atoms with Crippen LogP contribution in [0.5, 0.6) is 5.75 Å². The summed E-state index contributed by atoms with van der Waals surface area (Å²) < 4.78 is 10.7. The molecule has 1 aromatic rings. The van der Waals surface area contributed by atoms with Gasteiger partial charge in [0.15, 0.2) is 0 Å². The molecule has 0 atom stereocenters. The van der Waals surface area contributed by atoms with E-state index in [0.29, 0.717) is 11.4 Å². The zero-order chi connectivity index (χ0) is 13.2. The molecule has 0 aliphatic rings. The van der Waals surface area contributed by atoms with Gasteiger partial charge in [0.25, 0.3) is 0 Å². The molecule has 18 heavy (non-hydrogen) atoms. The number of rotatable bonds is 9. The maximum absolute atomic E-state index is 5.75. The molecule has 0 aromatic heterocycles. The van der Waals surface area contributed by atoms with Gasteiger partial charge in [0.1, 0.15) is 5.75 Å². The van der Waals surface area contributed by atoms with Gasteiger partial charge in [-0.1, -0.05) is 13.3 Å². The van der Waals surface area contributed by atoms with Crippen molar-refractivity contribution in [2.75, 3.05) is 37.9 Å². The highest BCUT2D eigenvalue weighted by molar-refractivity contribution is 5.61. The fourth-order valence-electron chi connectivity index (χ4n) is 1.58. The number of methoxy groups -OCH3 is 1. The van der Waals surface area contributed by atoms with Crippen molar-refractivity contribution < 1.29 is 9.47 Å². The lowest BCUT2D eigenvalue weighted by atomic mass is 10.2. The van der Waals surface area contributed by atoms with Gasteiger partial charge in [-0.25, -0.2) is 0 Å². The summed E-state index contributed by atoms with van der Waals surface area (Å²) in [6.45, 7) is 4.73. The van der Waals surface area contributed by atoms with Crippen molar-refractivity contribution >= 4 is 11.4 Å². The molecule has 4 heteroatoms. The fraction of sp³-hybridized carbons (Fsp3) is 0.571. The predicted octanol–water partition coefficient (Wildman–Crippen LogP) is 2.90. The van der Waals surface area contributed by atoms with Gasteiger partial charge in [0.2, 0.25) is 0 Å². The highest BCUT2D eigenvalue weighted by Gasteiger charge is 2.00. The van der Waals surface area contributed by atoms with Crippen LogP contribution in [0.4, 0.5) is 11.4 Å². The molecule has 1 aromatic carbocycles. The highest BCUT2D eigenvalue weighted by atomic mass is 16.5. The van der Waals surface area contributed by atoms with Crippen molar-refractivity contribution in [1.29, 1.82) is 0 Å². The average Bonchev–Trinajstić information content (AvgIpc) is 2.39. The lowest BCUT2D eigenvalue weighted by Gasteiger charge is -2.10. The van der Waals surface area contributed by atoms with E-state index in [0.717, 1.165) is 38.3 Å². The molecule has 0 aliphatic heterocycles. The third kappa shape index (κ3) is 5.27. The molecule has 0 saturated carbocycles. The molecular weight excluding hydrogens is 228 g/mol. The van der Waals surface area contributed by atoms with Gasteiger partial charge in [-0.2, -0.15) is 0 Å². The summed E-state index contributed by atoms with van der Waals surface area (Å²) >= 11 is 0. The number of ether oxygens (including phenoxy) is 2. The van der Waals surface area contributed by atoms with E-state index in [-0.39, 0.29) is 0 Å². The van der Waals surface area contributed by atoms with E-state index in [1.807, 2.05) is 18.2 Å². The molecule has 3 N–H and O–H groups in total. The number of nitrogen functional groups attached to an aromatic ring is 1. The van der Waals surface area contributed by atoms with E-state index in [1.165, 1.54) is 6.42 Å². The van der Waals surface area contributed by atoms with Crippen LogP contribution < -0.4 is 15.8 Å². The zero-order valence-electron chi connectivity index (χ0n) is 11.4. The second-order valence-corrected chi connectivity index (χ2v) is 4.20. The summed E-state index contributed by atoms with van der Waals surface area (Å²) in [4.78, 5) is 0. The van der Waals surface area contributed by atoms with Crippen LogP contribution in [-0.4, -0.2) is 26.9 Å². The molecule has 0 aliphatic carbocycles. The summed E-state index contributed by atoms with van der Waals surface area (Å²) in [6, 6.07) is 5.71. The summed E-state index contributed by atoms with van der Waals surface area (Å²) in [7, 11) is 1.62. The average molecular weight is 252 g/mol. The number of hydrogen-bond donors (Lipinski definition) is 2. The maximum Gasteiger partial charge on any atom is 0.143 e. The van der Waals surface area contributed by atoms with Crippen LogP contribution in [0.25, 0.3) is 0 Å². The number of anilines is 2. The van der Waals surface area contributed by atoms with Crippen molar-refractivity contribution in [2.24, 2.45) is 0 Å². The third-order valence-electron chi connectivity index (χ3n) is 2.67. The van der Waals surface area contributed by atoms with Gasteiger partial charge < -0.3 is 20.5 Å². The summed E-state index contributed by atoms with van der Waals surface area (Å²) in [6.07, 6.45) is 3.32. The third-order valence-corrected chi connectivity index (χ3v) is 2.67. The van der Waals surface area contributed by atoms with Crippen molar-refractivity contribution in [3.05, 3.63) is 18.2 Å². The lowest BCUT2D eigenvalue weighted by Crippen LogP contribution is -2.06. The van der Waals surface area contributed by atoms with Gasteiger partial charge in [0.05, 0.1) is 12.8 Å². The fourth-order valence-corrected chi connectivity index (χ4v) is 1.58. The first kappa shape index (κ1) is 14.6. The quantitative estimate of drug-likeness (QED) is 0.524. The molecule has 4 nitrogen and oxygen atoms in total. The Hall–Kier alpha value is -1.42. The van der Waals surface area contributed by atoms with Crippen LogP contribution >= 0.6 is 0 Å². The Kier molecular flexibility index (Phi) is 7.03. The minimum absolute atomic E-state index is 0.658. The van der Waals surface area contributed by atoms with Gasteiger partial charge in [-0.05, 0) is 25.0 Å². The van der Waals surface area contributed by atoms with Crippen LogP contribution in [0.15, 0.2) is 18.2 Å². The summed E-state index contributed by atoms with van der Waals surface area (Å²) in [5.41, 5.74) is 7.43. The Morgan fingerprint density at radius 1 is 1.22 bits per heavy atom. The molecule has 102 valence electrons. The molecule has 0 bridgehead atoms. The molecule has 0 radical (unpaired) electrons. The minimum Gasteiger partial charge on any atom is -0.495 e. The van der Waals surface area contributed by atoms with Gasteiger partial charge >= 0.3 is 0 Å². The molecular formula is C14H24N2O2. The molecule has 0 saturated heterocycles. The van der Waals surface area contributed by atoms with Crippen molar-refractivity contribution in [1.82, 2.24) is 0 Å². The molecule has 0 unspecified atom stereocenters. The monoisotopic (exact) mass is 252 g/mol. The summed E-state index contributed by atoms with van der Waals surface area (Å²) in [5.74, 6) is 0.708. The number of nitrogens with one attached hydrogen (secondary N) is 1. The molecule has 0 amide bonds. The van der Waals surface area contributed by atoms with Crippen LogP contribution in [0.1, 0.15) is 26.2 Å². The topological polar surface area (TPSA) is 56.5 Å². The molecule has 1 rings (SSSR count). The Balaban J connectivity index is 2.19. The minimum atomic E-state index is 0.658. The number of hydrogen-bond acceptors (Lipinski definition) is 4. The van der Waals surface area contributed by atoms with E-state index in [4.69, 9.17) is 15.2 Å². The van der Waals surface area contributed by atoms with E-state index in [9.17, 15) is 0 Å². The first-order chi connectivity index (χ1) is 8.77. The maximum atomic E-state index is 5.75. The number of nitrogens with two attached hydrogens (primary N) is 1. The first-order valence-electron chi connectivity index (χ1n) is 6.53. The molecule has 0 heterocycles. The Morgan fingerprint density at radius 2 is 2.00 bits per heavy atom. The van der Waals surface area contributed by atoms with Gasteiger partial charge in [0, 0.05) is 31.5 Å². The lowest BCUT2D eigenvalue weighted by molar-refractivity contribution is 0.131. The predicted molar refractivity (Wildman–Crippen MR) is 76.2 cm³/mol.